The largest absolute Gasteiger partial charge is 2.00 e. The third-order valence-corrected chi connectivity index (χ3v) is 5.94. The minimum absolute atomic E-state index is 0. The van der Waals surface area contributed by atoms with Crippen molar-refractivity contribution in [3.8, 4) is 22.8 Å². The molecule has 0 bridgehead atoms. The zero-order chi connectivity index (χ0) is 32.9. The number of pyridine rings is 4. The summed E-state index contributed by atoms with van der Waals surface area (Å²) in [6.07, 6.45) is -6.14. The van der Waals surface area contributed by atoms with Gasteiger partial charge in [-0.2, -0.15) is 26.3 Å². The monoisotopic (exact) mass is 736 g/mol. The number of rotatable bonds is 6. The average molecular weight is 736 g/mol. The van der Waals surface area contributed by atoms with Crippen molar-refractivity contribution in [2.75, 3.05) is 0 Å². The van der Waals surface area contributed by atoms with E-state index in [2.05, 4.69) is 40.3 Å². The molecule has 0 aliphatic heterocycles. The Morgan fingerprint density at radius 3 is 1.23 bits per heavy atom. The second-order valence-corrected chi connectivity index (χ2v) is 9.13. The molecule has 6 aromatic heterocycles. The van der Waals surface area contributed by atoms with Crippen molar-refractivity contribution in [3.05, 3.63) is 131 Å². The van der Waals surface area contributed by atoms with E-state index in [1.165, 1.54) is 12.1 Å². The van der Waals surface area contributed by atoms with Gasteiger partial charge < -0.3 is 20.4 Å². The fourth-order valence-electron chi connectivity index (χ4n) is 3.79. The van der Waals surface area contributed by atoms with E-state index in [9.17, 15) is 35.9 Å². The maximum absolute atomic E-state index is 12.5. The molecule has 238 valence electrons. The molecular formula is C30H16F6N8O2Ru. The normalized spacial score (nSPS) is 11.2. The Morgan fingerprint density at radius 2 is 0.915 bits per heavy atom. The molecule has 0 atom stereocenters. The molecule has 0 N–H and O–H groups in total. The predicted molar refractivity (Wildman–Crippen MR) is 147 cm³/mol. The molecule has 47 heavy (non-hydrogen) atoms. The molecule has 0 aliphatic carbocycles. The van der Waals surface area contributed by atoms with Crippen molar-refractivity contribution < 1.29 is 55.4 Å². The van der Waals surface area contributed by atoms with E-state index in [-0.39, 0.29) is 30.9 Å². The summed E-state index contributed by atoms with van der Waals surface area (Å²) in [6, 6.07) is 20.9. The van der Waals surface area contributed by atoms with Gasteiger partial charge in [0.15, 0.2) is 11.6 Å². The van der Waals surface area contributed by atoms with Crippen LogP contribution in [0.4, 0.5) is 26.3 Å². The van der Waals surface area contributed by atoms with E-state index >= 15 is 0 Å². The molecule has 6 rings (SSSR count). The van der Waals surface area contributed by atoms with Crippen molar-refractivity contribution in [3.63, 3.8) is 0 Å². The Balaban J connectivity index is 0.000000208. The smallest absolute Gasteiger partial charge is 0.572 e. The van der Waals surface area contributed by atoms with E-state index in [0.717, 1.165) is 0 Å². The summed E-state index contributed by atoms with van der Waals surface area (Å²) in [5, 5.41) is 12.5. The van der Waals surface area contributed by atoms with Gasteiger partial charge in [-0.25, -0.2) is 9.97 Å². The Labute approximate surface area is 273 Å². The molecule has 0 saturated heterocycles. The number of hydrogen-bond acceptors (Lipinski definition) is 8. The summed E-state index contributed by atoms with van der Waals surface area (Å²) >= 11 is 0. The van der Waals surface area contributed by atoms with E-state index in [1.807, 2.05) is 0 Å². The molecule has 0 aromatic carbocycles. The summed E-state index contributed by atoms with van der Waals surface area (Å²) in [5.74, 6) is -1.46. The van der Waals surface area contributed by atoms with Gasteiger partial charge in [-0.05, 0) is 60.7 Å². The van der Waals surface area contributed by atoms with Crippen molar-refractivity contribution in [1.82, 2.24) is 40.3 Å². The Morgan fingerprint density at radius 1 is 0.532 bits per heavy atom. The fraction of sp³-hybridized carbons (Fsp3) is 0.0667. The Hall–Kier alpha value is -5.44. The molecule has 0 fully saturated rings. The zero-order valence-electron chi connectivity index (χ0n) is 23.3. The Bertz CT molecular complexity index is 1840. The van der Waals surface area contributed by atoms with Gasteiger partial charge in [0.05, 0.1) is 22.8 Å². The van der Waals surface area contributed by atoms with Crippen LogP contribution in [0, 0.1) is 0 Å². The maximum Gasteiger partial charge on any atom is 2.00 e. The van der Waals surface area contributed by atoms with Gasteiger partial charge in [-0.3, -0.25) is 19.6 Å². The summed E-state index contributed by atoms with van der Waals surface area (Å²) < 4.78 is 75.1. The van der Waals surface area contributed by atoms with Gasteiger partial charge in [0.25, 0.3) is 0 Å². The average Bonchev–Trinajstić information content (AvgIpc) is 3.77. The molecule has 0 amide bonds. The van der Waals surface area contributed by atoms with Gasteiger partial charge in [0, 0.05) is 12.4 Å². The summed E-state index contributed by atoms with van der Waals surface area (Å²) in [4.78, 5) is 40.9. The van der Waals surface area contributed by atoms with E-state index in [0.29, 0.717) is 34.9 Å². The first-order valence-corrected chi connectivity index (χ1v) is 12.9. The second kappa shape index (κ2) is 14.3. The SMILES string of the molecule is O=C(c1cccc(-c2ccccn2)n1)c1cc(C(F)(F)F)n[n-]1.O=C(c1cccc(-c2ccccn2)n1)c1cc(C(F)(F)F)n[n-]1.[Ru+2]. The number of alkyl halides is 6. The third-order valence-electron chi connectivity index (χ3n) is 5.94. The molecule has 0 radical (unpaired) electrons. The quantitative estimate of drug-likeness (QED) is 0.123. The van der Waals surface area contributed by atoms with Crippen molar-refractivity contribution in [2.45, 2.75) is 12.4 Å². The van der Waals surface area contributed by atoms with Crippen LogP contribution in [0.3, 0.4) is 0 Å². The van der Waals surface area contributed by atoms with Gasteiger partial charge in [0.2, 0.25) is 0 Å². The van der Waals surface area contributed by atoms with Crippen molar-refractivity contribution in [1.29, 1.82) is 0 Å². The van der Waals surface area contributed by atoms with E-state index in [4.69, 9.17) is 0 Å². The molecule has 0 saturated carbocycles. The van der Waals surface area contributed by atoms with Crippen LogP contribution in [0.15, 0.2) is 97.3 Å². The zero-order valence-corrected chi connectivity index (χ0v) is 25.0. The number of ketones is 2. The van der Waals surface area contributed by atoms with Crippen LogP contribution in [-0.2, 0) is 31.8 Å². The van der Waals surface area contributed by atoms with Crippen LogP contribution in [0.2, 0.25) is 0 Å². The van der Waals surface area contributed by atoms with Crippen molar-refractivity contribution >= 4 is 11.6 Å². The fourth-order valence-corrected chi connectivity index (χ4v) is 3.79. The van der Waals surface area contributed by atoms with Crippen LogP contribution < -0.4 is 10.2 Å². The minimum Gasteiger partial charge on any atom is -0.572 e. The summed E-state index contributed by atoms with van der Waals surface area (Å²) in [7, 11) is 0. The molecule has 0 unspecified atom stereocenters. The topological polar surface area (TPSA) is 140 Å². The molecule has 6 aromatic rings. The summed E-state index contributed by atoms with van der Waals surface area (Å²) in [6.45, 7) is 0. The number of carbonyl (C=O) groups is 2. The first-order valence-electron chi connectivity index (χ1n) is 12.9. The molecule has 10 nitrogen and oxygen atoms in total. The molecule has 17 heteroatoms. The van der Waals surface area contributed by atoms with Crippen LogP contribution >= 0.6 is 0 Å². The first kappa shape index (κ1) is 34.4. The van der Waals surface area contributed by atoms with Gasteiger partial charge >= 0.3 is 31.8 Å². The first-order chi connectivity index (χ1) is 21.9. The minimum atomic E-state index is -4.64. The van der Waals surface area contributed by atoms with Gasteiger partial charge in [-0.1, -0.05) is 35.7 Å². The second-order valence-electron chi connectivity index (χ2n) is 9.13. The number of aromatic nitrogens is 8. The Kier molecular flexibility index (Phi) is 10.5. The van der Waals surface area contributed by atoms with Crippen molar-refractivity contribution in [2.24, 2.45) is 0 Å². The number of hydrogen-bond donors (Lipinski definition) is 0. The van der Waals surface area contributed by atoms with E-state index < -0.39 is 46.7 Å². The molecule has 0 spiro atoms. The third kappa shape index (κ3) is 8.44. The van der Waals surface area contributed by atoms with Crippen LogP contribution in [0.1, 0.15) is 43.8 Å². The predicted octanol–water partition coefficient (Wildman–Crippen LogP) is 5.49. The number of nitrogens with zero attached hydrogens (tertiary/aromatic N) is 8. The molecule has 0 aliphatic rings. The van der Waals surface area contributed by atoms with E-state index in [1.54, 1.807) is 73.1 Å². The number of carbonyl (C=O) groups excluding carboxylic acids is 2. The maximum atomic E-state index is 12.5. The van der Waals surface area contributed by atoms with Gasteiger partial charge in [0.1, 0.15) is 22.8 Å². The van der Waals surface area contributed by atoms with Crippen LogP contribution in [0.5, 0.6) is 0 Å². The molecule has 6 heterocycles. The van der Waals surface area contributed by atoms with Crippen LogP contribution in [0.25, 0.3) is 22.8 Å². The summed E-state index contributed by atoms with van der Waals surface area (Å²) in [5.41, 5.74) is -1.30. The van der Waals surface area contributed by atoms with Gasteiger partial charge in [-0.15, -0.1) is 0 Å². The molecular weight excluding hydrogens is 719 g/mol. The standard InChI is InChI=1S/2C15H9F3N4O.Ru/c2*16-15(17,18)13-8-12(21-22-13)14(23)11-6-3-5-10(20-11)9-4-1-2-7-19-9;/h2*1-8H,(H,21,22,23);/q;;+2/p-2. The number of halogens is 6. The van der Waals surface area contributed by atoms with Crippen LogP contribution in [-0.4, -0.2) is 41.7 Å².